The van der Waals surface area contributed by atoms with E-state index in [-0.39, 0.29) is 11.8 Å². The Bertz CT molecular complexity index is 957. The Morgan fingerprint density at radius 1 is 1.03 bits per heavy atom. The van der Waals surface area contributed by atoms with Crippen LogP contribution in [0.5, 0.6) is 5.75 Å². The van der Waals surface area contributed by atoms with Crippen molar-refractivity contribution in [3.05, 3.63) is 65.9 Å². The molecule has 0 unspecified atom stereocenters. The van der Waals surface area contributed by atoms with E-state index in [1.807, 2.05) is 26.0 Å². The molecular weight excluding hydrogens is 381 g/mol. The molecule has 0 aliphatic rings. The normalized spacial score (nSPS) is 11.2. The van der Waals surface area contributed by atoms with Crippen LogP contribution >= 0.6 is 0 Å². The van der Waals surface area contributed by atoms with Gasteiger partial charge in [0.25, 0.3) is 0 Å². The van der Waals surface area contributed by atoms with E-state index < -0.39 is 11.7 Å². The molecule has 0 fully saturated rings. The van der Waals surface area contributed by atoms with Crippen LogP contribution in [-0.2, 0) is 6.18 Å². The fraction of sp³-hybridized carbons (Fsp3) is 0.238. The largest absolute Gasteiger partial charge is 0.494 e. The van der Waals surface area contributed by atoms with E-state index >= 15 is 0 Å². The molecule has 1 heterocycles. The van der Waals surface area contributed by atoms with Crippen molar-refractivity contribution in [3.63, 3.8) is 0 Å². The number of ether oxygens (including phenoxy) is 1. The molecule has 1 aromatic heterocycles. The number of rotatable bonds is 6. The zero-order valence-electron chi connectivity index (χ0n) is 16.3. The third-order valence-corrected chi connectivity index (χ3v) is 4.23. The van der Waals surface area contributed by atoms with Gasteiger partial charge in [-0.25, -0.2) is 4.98 Å². The van der Waals surface area contributed by atoms with Crippen LogP contribution in [0.15, 0.2) is 54.7 Å². The molecule has 0 saturated heterocycles. The maximum atomic E-state index is 13.4. The fourth-order valence-electron chi connectivity index (χ4n) is 2.66. The quantitative estimate of drug-likeness (QED) is 0.572. The number of nitrogens with zero attached hydrogens (tertiary/aromatic N) is 3. The predicted octanol–water partition coefficient (Wildman–Crippen LogP) is 5.71. The second kappa shape index (κ2) is 8.38. The second-order valence-corrected chi connectivity index (χ2v) is 6.41. The Morgan fingerprint density at radius 2 is 1.69 bits per heavy atom. The number of anilines is 4. The molecule has 8 heteroatoms. The lowest BCUT2D eigenvalue weighted by molar-refractivity contribution is -0.137. The number of benzene rings is 2. The summed E-state index contributed by atoms with van der Waals surface area (Å²) >= 11 is 0. The Labute approximate surface area is 167 Å². The zero-order chi connectivity index (χ0) is 21.0. The van der Waals surface area contributed by atoms with Gasteiger partial charge in [-0.15, -0.1) is 0 Å². The molecule has 0 amide bonds. The minimum atomic E-state index is -4.58. The van der Waals surface area contributed by atoms with Crippen LogP contribution in [0.2, 0.25) is 0 Å². The highest BCUT2D eigenvalue weighted by Gasteiger charge is 2.35. The molecular formula is C21H21F3N4O. The molecule has 0 aliphatic carbocycles. The minimum Gasteiger partial charge on any atom is -0.494 e. The highest BCUT2D eigenvalue weighted by Crippen LogP contribution is 2.36. The van der Waals surface area contributed by atoms with Crippen molar-refractivity contribution in [3.8, 4) is 5.75 Å². The molecule has 0 bridgehead atoms. The summed E-state index contributed by atoms with van der Waals surface area (Å²) in [4.78, 5) is 9.67. The molecule has 1 N–H and O–H groups in total. The van der Waals surface area contributed by atoms with Crippen LogP contribution in [0, 0.1) is 6.92 Å². The summed E-state index contributed by atoms with van der Waals surface area (Å²) in [5, 5.41) is 2.76. The molecule has 0 saturated carbocycles. The van der Waals surface area contributed by atoms with Crippen molar-refractivity contribution in [2.75, 3.05) is 23.9 Å². The first-order valence-corrected chi connectivity index (χ1v) is 9.02. The number of halogens is 3. The lowest BCUT2D eigenvalue weighted by atomic mass is 10.2. The lowest BCUT2D eigenvalue weighted by Gasteiger charge is -2.20. The Balaban J connectivity index is 1.94. The number of aryl methyl sites for hydroxylation is 1. The lowest BCUT2D eigenvalue weighted by Crippen LogP contribution is -2.17. The summed E-state index contributed by atoms with van der Waals surface area (Å²) in [5.74, 6) is 0.542. The number of hydrogen-bond donors (Lipinski definition) is 1. The topological polar surface area (TPSA) is 50.3 Å². The van der Waals surface area contributed by atoms with Crippen LogP contribution in [0.4, 0.5) is 36.3 Å². The maximum absolute atomic E-state index is 13.4. The van der Waals surface area contributed by atoms with Crippen molar-refractivity contribution in [1.82, 2.24) is 9.97 Å². The average Bonchev–Trinajstić information content (AvgIpc) is 2.69. The van der Waals surface area contributed by atoms with E-state index in [0.717, 1.165) is 17.4 Å². The molecule has 0 atom stereocenters. The van der Waals surface area contributed by atoms with Gasteiger partial charge in [0, 0.05) is 24.6 Å². The molecule has 29 heavy (non-hydrogen) atoms. The van der Waals surface area contributed by atoms with Crippen LogP contribution in [0.25, 0.3) is 0 Å². The Hall–Kier alpha value is -3.29. The van der Waals surface area contributed by atoms with Crippen molar-refractivity contribution in [2.24, 2.45) is 0 Å². The van der Waals surface area contributed by atoms with Gasteiger partial charge in [-0.05, 0) is 50.2 Å². The Kier molecular flexibility index (Phi) is 5.91. The van der Waals surface area contributed by atoms with E-state index in [2.05, 4.69) is 15.3 Å². The third kappa shape index (κ3) is 4.96. The van der Waals surface area contributed by atoms with E-state index in [4.69, 9.17) is 4.74 Å². The predicted molar refractivity (Wildman–Crippen MR) is 107 cm³/mol. The number of nitrogens with one attached hydrogen (secondary N) is 1. The molecule has 3 aromatic rings. The number of aromatic nitrogens is 2. The van der Waals surface area contributed by atoms with Gasteiger partial charge in [0.15, 0.2) is 0 Å². The van der Waals surface area contributed by atoms with E-state index in [1.54, 1.807) is 48.3 Å². The molecule has 152 valence electrons. The monoisotopic (exact) mass is 402 g/mol. The highest BCUT2D eigenvalue weighted by molar-refractivity contribution is 5.64. The molecule has 0 aliphatic heterocycles. The van der Waals surface area contributed by atoms with Crippen molar-refractivity contribution >= 4 is 23.1 Å². The van der Waals surface area contributed by atoms with Gasteiger partial charge < -0.3 is 15.0 Å². The van der Waals surface area contributed by atoms with E-state index in [9.17, 15) is 13.2 Å². The van der Waals surface area contributed by atoms with Gasteiger partial charge >= 0.3 is 6.18 Å². The van der Waals surface area contributed by atoms with Crippen LogP contribution in [0.1, 0.15) is 18.1 Å². The SMILES string of the molecule is CCOc1ccc(N(C)c2ncc(C(F)(F)F)c(Nc3ccc(C)cc3)n2)cc1. The van der Waals surface area contributed by atoms with E-state index in [0.29, 0.717) is 18.0 Å². The molecule has 3 rings (SSSR count). The molecule has 0 radical (unpaired) electrons. The standard InChI is InChI=1S/C21H21F3N4O/c1-4-29-17-11-9-16(10-12-17)28(3)20-25-13-18(21(22,23)24)19(27-20)26-15-7-5-14(2)6-8-15/h5-13H,4H2,1-3H3,(H,25,26,27). The van der Waals surface area contributed by atoms with Gasteiger partial charge in [0.1, 0.15) is 17.1 Å². The second-order valence-electron chi connectivity index (χ2n) is 6.41. The van der Waals surface area contributed by atoms with Crippen molar-refractivity contribution in [2.45, 2.75) is 20.0 Å². The van der Waals surface area contributed by atoms with Gasteiger partial charge in [0.2, 0.25) is 5.95 Å². The number of alkyl halides is 3. The summed E-state index contributed by atoms with van der Waals surface area (Å²) in [6.45, 7) is 4.34. The van der Waals surface area contributed by atoms with Crippen LogP contribution < -0.4 is 15.0 Å². The zero-order valence-corrected chi connectivity index (χ0v) is 16.3. The van der Waals surface area contributed by atoms with E-state index in [1.165, 1.54) is 0 Å². The first kappa shape index (κ1) is 20.4. The van der Waals surface area contributed by atoms with Crippen LogP contribution in [-0.4, -0.2) is 23.6 Å². The summed E-state index contributed by atoms with van der Waals surface area (Å²) in [7, 11) is 1.69. The first-order valence-electron chi connectivity index (χ1n) is 9.02. The molecule has 0 spiro atoms. The third-order valence-electron chi connectivity index (χ3n) is 4.23. The van der Waals surface area contributed by atoms with Gasteiger partial charge in [-0.3, -0.25) is 0 Å². The first-order chi connectivity index (χ1) is 13.8. The van der Waals surface area contributed by atoms with Gasteiger partial charge in [-0.2, -0.15) is 18.2 Å². The van der Waals surface area contributed by atoms with Crippen LogP contribution in [0.3, 0.4) is 0 Å². The highest BCUT2D eigenvalue weighted by atomic mass is 19.4. The van der Waals surface area contributed by atoms with Gasteiger partial charge in [-0.1, -0.05) is 17.7 Å². The maximum Gasteiger partial charge on any atom is 0.421 e. The van der Waals surface area contributed by atoms with Crippen molar-refractivity contribution in [1.29, 1.82) is 0 Å². The summed E-state index contributed by atoms with van der Waals surface area (Å²) < 4.78 is 45.7. The number of hydrogen-bond acceptors (Lipinski definition) is 5. The smallest absolute Gasteiger partial charge is 0.421 e. The van der Waals surface area contributed by atoms with Gasteiger partial charge in [0.05, 0.1) is 6.61 Å². The molecule has 2 aromatic carbocycles. The Morgan fingerprint density at radius 3 is 2.28 bits per heavy atom. The fourth-order valence-corrected chi connectivity index (χ4v) is 2.66. The summed E-state index contributed by atoms with van der Waals surface area (Å²) in [6.07, 6.45) is -3.78. The van der Waals surface area contributed by atoms with Crippen molar-refractivity contribution < 1.29 is 17.9 Å². The molecule has 5 nitrogen and oxygen atoms in total. The average molecular weight is 402 g/mol. The minimum absolute atomic E-state index is 0.136. The summed E-state index contributed by atoms with van der Waals surface area (Å²) in [5.41, 5.74) is 1.30. The summed E-state index contributed by atoms with van der Waals surface area (Å²) in [6, 6.07) is 14.2.